The van der Waals surface area contributed by atoms with E-state index in [9.17, 15) is 4.79 Å². The SMILES string of the molecule is CCOC(=O)[C@](C)(Cl)c1ccccc1. The normalized spacial score (nSPS) is 14.5. The molecule has 0 saturated carbocycles. The van der Waals surface area contributed by atoms with Crippen LogP contribution in [-0.4, -0.2) is 12.6 Å². The van der Waals surface area contributed by atoms with Crippen molar-refractivity contribution in [2.45, 2.75) is 18.7 Å². The minimum absolute atomic E-state index is 0.341. The maximum absolute atomic E-state index is 11.5. The van der Waals surface area contributed by atoms with Gasteiger partial charge in [-0.05, 0) is 19.4 Å². The van der Waals surface area contributed by atoms with Gasteiger partial charge in [0.15, 0.2) is 4.87 Å². The second kappa shape index (κ2) is 4.47. The number of ether oxygens (including phenoxy) is 1. The molecule has 0 unspecified atom stereocenters. The molecule has 0 aliphatic heterocycles. The third-order valence-corrected chi connectivity index (χ3v) is 2.35. The lowest BCUT2D eigenvalue weighted by Crippen LogP contribution is -2.28. The first kappa shape index (κ1) is 11.1. The predicted molar refractivity (Wildman–Crippen MR) is 56.3 cm³/mol. The molecule has 14 heavy (non-hydrogen) atoms. The maximum atomic E-state index is 11.5. The van der Waals surface area contributed by atoms with E-state index < -0.39 is 10.8 Å². The minimum atomic E-state index is -1.09. The zero-order valence-electron chi connectivity index (χ0n) is 8.29. The van der Waals surface area contributed by atoms with E-state index in [0.717, 1.165) is 5.56 Å². The summed E-state index contributed by atoms with van der Waals surface area (Å²) in [6.45, 7) is 3.74. The quantitative estimate of drug-likeness (QED) is 0.569. The van der Waals surface area contributed by atoms with Crippen molar-refractivity contribution in [1.82, 2.24) is 0 Å². The molecule has 0 saturated heterocycles. The lowest BCUT2D eigenvalue weighted by atomic mass is 10.0. The van der Waals surface area contributed by atoms with Crippen molar-refractivity contribution in [2.24, 2.45) is 0 Å². The molecule has 0 amide bonds. The van der Waals surface area contributed by atoms with Crippen molar-refractivity contribution in [1.29, 1.82) is 0 Å². The van der Waals surface area contributed by atoms with Crippen molar-refractivity contribution in [3.05, 3.63) is 35.9 Å². The smallest absolute Gasteiger partial charge is 0.331 e. The highest BCUT2D eigenvalue weighted by atomic mass is 35.5. The molecule has 0 bridgehead atoms. The Morgan fingerprint density at radius 2 is 2.00 bits per heavy atom. The highest BCUT2D eigenvalue weighted by Gasteiger charge is 2.33. The number of hydrogen-bond acceptors (Lipinski definition) is 2. The Morgan fingerprint density at radius 1 is 1.43 bits per heavy atom. The van der Waals surface area contributed by atoms with Crippen LogP contribution in [0.1, 0.15) is 19.4 Å². The number of esters is 1. The molecule has 0 fully saturated rings. The standard InChI is InChI=1S/C11H13ClO2/c1-3-14-10(13)11(2,12)9-7-5-4-6-8-9/h4-8H,3H2,1-2H3/t11-/m1/s1. The second-order valence-corrected chi connectivity index (χ2v) is 3.85. The number of carbonyl (C=O) groups excluding carboxylic acids is 1. The van der Waals surface area contributed by atoms with Crippen LogP contribution in [0.15, 0.2) is 30.3 Å². The van der Waals surface area contributed by atoms with Gasteiger partial charge in [0, 0.05) is 0 Å². The molecule has 0 aliphatic carbocycles. The second-order valence-electron chi connectivity index (χ2n) is 3.09. The highest BCUT2D eigenvalue weighted by Crippen LogP contribution is 2.29. The molecule has 0 spiro atoms. The zero-order valence-corrected chi connectivity index (χ0v) is 9.04. The summed E-state index contributed by atoms with van der Waals surface area (Å²) in [7, 11) is 0. The Morgan fingerprint density at radius 3 is 2.50 bits per heavy atom. The van der Waals surface area contributed by atoms with E-state index in [0.29, 0.717) is 6.61 Å². The largest absolute Gasteiger partial charge is 0.464 e. The molecule has 1 aromatic rings. The third kappa shape index (κ3) is 2.26. The molecule has 0 N–H and O–H groups in total. The van der Waals surface area contributed by atoms with Crippen LogP contribution in [-0.2, 0) is 14.4 Å². The zero-order chi connectivity index (χ0) is 10.6. The number of carbonyl (C=O) groups is 1. The Labute approximate surface area is 88.8 Å². The molecule has 76 valence electrons. The molecule has 0 radical (unpaired) electrons. The molecule has 1 rings (SSSR count). The fourth-order valence-electron chi connectivity index (χ4n) is 1.14. The van der Waals surface area contributed by atoms with Gasteiger partial charge < -0.3 is 4.74 Å². The average Bonchev–Trinajstić information content (AvgIpc) is 2.19. The van der Waals surface area contributed by atoms with E-state index in [1.807, 2.05) is 30.3 Å². The summed E-state index contributed by atoms with van der Waals surface area (Å²) in [5.41, 5.74) is 0.750. The van der Waals surface area contributed by atoms with E-state index in [1.54, 1.807) is 13.8 Å². The first-order valence-electron chi connectivity index (χ1n) is 4.50. The van der Waals surface area contributed by atoms with Gasteiger partial charge in [-0.25, -0.2) is 4.79 Å². The van der Waals surface area contributed by atoms with Gasteiger partial charge in [-0.3, -0.25) is 0 Å². The van der Waals surface area contributed by atoms with Crippen LogP contribution in [0.3, 0.4) is 0 Å². The maximum Gasteiger partial charge on any atom is 0.331 e. The van der Waals surface area contributed by atoms with E-state index >= 15 is 0 Å². The van der Waals surface area contributed by atoms with Crippen LogP contribution in [0.4, 0.5) is 0 Å². The molecule has 0 aromatic heterocycles. The average molecular weight is 213 g/mol. The van der Waals surface area contributed by atoms with Gasteiger partial charge in [-0.15, -0.1) is 11.6 Å². The van der Waals surface area contributed by atoms with Gasteiger partial charge in [-0.2, -0.15) is 0 Å². The van der Waals surface area contributed by atoms with Gasteiger partial charge in [0.2, 0.25) is 0 Å². The lowest BCUT2D eigenvalue weighted by molar-refractivity contribution is -0.146. The van der Waals surface area contributed by atoms with E-state index in [4.69, 9.17) is 16.3 Å². The van der Waals surface area contributed by atoms with Crippen LogP contribution < -0.4 is 0 Å². The number of benzene rings is 1. The van der Waals surface area contributed by atoms with Crippen LogP contribution >= 0.6 is 11.6 Å². The summed E-state index contributed by atoms with van der Waals surface area (Å²) in [6.07, 6.45) is 0. The van der Waals surface area contributed by atoms with Crippen molar-refractivity contribution < 1.29 is 9.53 Å². The molecular weight excluding hydrogens is 200 g/mol. The Bertz CT molecular complexity index is 306. The van der Waals surface area contributed by atoms with Gasteiger partial charge >= 0.3 is 5.97 Å². The molecule has 3 heteroatoms. The molecular formula is C11H13ClO2. The van der Waals surface area contributed by atoms with E-state index in [2.05, 4.69) is 0 Å². The predicted octanol–water partition coefficient (Wildman–Crippen LogP) is 2.70. The van der Waals surface area contributed by atoms with Crippen LogP contribution in [0.2, 0.25) is 0 Å². The van der Waals surface area contributed by atoms with Gasteiger partial charge in [0.1, 0.15) is 0 Å². The van der Waals surface area contributed by atoms with Crippen molar-refractivity contribution in [3.8, 4) is 0 Å². The fraction of sp³-hybridized carbons (Fsp3) is 0.364. The summed E-state index contributed by atoms with van der Waals surface area (Å²) in [4.78, 5) is 10.4. The number of halogens is 1. The first-order chi connectivity index (χ1) is 6.59. The monoisotopic (exact) mass is 212 g/mol. The van der Waals surface area contributed by atoms with Crippen molar-refractivity contribution in [3.63, 3.8) is 0 Å². The summed E-state index contributed by atoms with van der Waals surface area (Å²) in [6, 6.07) is 9.18. The molecule has 0 heterocycles. The summed E-state index contributed by atoms with van der Waals surface area (Å²) < 4.78 is 4.89. The lowest BCUT2D eigenvalue weighted by Gasteiger charge is -2.19. The van der Waals surface area contributed by atoms with Gasteiger partial charge in [0.25, 0.3) is 0 Å². The van der Waals surface area contributed by atoms with Crippen LogP contribution in [0.25, 0.3) is 0 Å². The number of rotatable bonds is 3. The molecule has 2 nitrogen and oxygen atoms in total. The topological polar surface area (TPSA) is 26.3 Å². The Balaban J connectivity index is 2.90. The molecule has 0 aliphatic rings. The molecule has 1 aromatic carbocycles. The Hall–Kier alpha value is -1.02. The Kier molecular flexibility index (Phi) is 3.53. The van der Waals surface area contributed by atoms with Gasteiger partial charge in [0.05, 0.1) is 6.61 Å². The number of alkyl halides is 1. The molecule has 1 atom stereocenters. The van der Waals surface area contributed by atoms with E-state index in [1.165, 1.54) is 0 Å². The fourth-order valence-corrected chi connectivity index (χ4v) is 1.32. The number of hydrogen-bond donors (Lipinski definition) is 0. The third-order valence-electron chi connectivity index (χ3n) is 1.97. The highest BCUT2D eigenvalue weighted by molar-refractivity contribution is 6.33. The van der Waals surface area contributed by atoms with E-state index in [-0.39, 0.29) is 0 Å². The van der Waals surface area contributed by atoms with Crippen LogP contribution in [0.5, 0.6) is 0 Å². The van der Waals surface area contributed by atoms with Crippen LogP contribution in [0, 0.1) is 0 Å². The van der Waals surface area contributed by atoms with Crippen molar-refractivity contribution >= 4 is 17.6 Å². The summed E-state index contributed by atoms with van der Waals surface area (Å²) in [5.74, 6) is -0.409. The summed E-state index contributed by atoms with van der Waals surface area (Å²) in [5, 5.41) is 0. The van der Waals surface area contributed by atoms with Crippen molar-refractivity contribution in [2.75, 3.05) is 6.61 Å². The first-order valence-corrected chi connectivity index (χ1v) is 4.88. The minimum Gasteiger partial charge on any atom is -0.464 e. The van der Waals surface area contributed by atoms with Gasteiger partial charge in [-0.1, -0.05) is 30.3 Å². The summed E-state index contributed by atoms with van der Waals surface area (Å²) >= 11 is 6.12.